The molecule has 0 saturated carbocycles. The van der Waals surface area contributed by atoms with E-state index in [1.54, 1.807) is 0 Å². The summed E-state index contributed by atoms with van der Waals surface area (Å²) in [7, 11) is 0. The molecule has 2 heteroatoms. The molecular formula is C14H32N2. The topological polar surface area (TPSA) is 29.3 Å². The Labute approximate surface area is 103 Å². The van der Waals surface area contributed by atoms with E-state index in [-0.39, 0.29) is 11.5 Å². The molecule has 2 atom stereocenters. The minimum Gasteiger partial charge on any atom is -0.326 e. The van der Waals surface area contributed by atoms with Crippen LogP contribution in [0.3, 0.4) is 0 Å². The van der Waals surface area contributed by atoms with E-state index >= 15 is 0 Å². The molecule has 0 aromatic carbocycles. The van der Waals surface area contributed by atoms with Crippen molar-refractivity contribution in [2.45, 2.75) is 79.4 Å². The molecule has 2 N–H and O–H groups in total. The van der Waals surface area contributed by atoms with Crippen LogP contribution in [0.15, 0.2) is 0 Å². The van der Waals surface area contributed by atoms with Gasteiger partial charge in [-0.2, -0.15) is 0 Å². The summed E-state index contributed by atoms with van der Waals surface area (Å²) in [4.78, 5) is 2.58. The Balaban J connectivity index is 4.96. The van der Waals surface area contributed by atoms with Crippen LogP contribution in [-0.2, 0) is 0 Å². The van der Waals surface area contributed by atoms with Crippen molar-refractivity contribution in [3.8, 4) is 0 Å². The van der Waals surface area contributed by atoms with Crippen LogP contribution in [0.1, 0.15) is 61.3 Å². The summed E-state index contributed by atoms with van der Waals surface area (Å²) in [5, 5.41) is 0. The highest BCUT2D eigenvalue weighted by Crippen LogP contribution is 2.29. The fourth-order valence-electron chi connectivity index (χ4n) is 2.59. The largest absolute Gasteiger partial charge is 0.326 e. The van der Waals surface area contributed by atoms with Crippen LogP contribution in [0.4, 0.5) is 0 Å². The molecule has 0 aliphatic carbocycles. The van der Waals surface area contributed by atoms with E-state index in [1.165, 1.54) is 6.42 Å². The summed E-state index contributed by atoms with van der Waals surface area (Å²) >= 11 is 0. The SMILES string of the molecule is CCCN(C(C)C)C(C(N)CC)C(C)(C)C. The average molecular weight is 228 g/mol. The summed E-state index contributed by atoms with van der Waals surface area (Å²) in [5.41, 5.74) is 6.58. The average Bonchev–Trinajstić information content (AvgIpc) is 2.14. The van der Waals surface area contributed by atoms with Gasteiger partial charge in [0.15, 0.2) is 0 Å². The molecule has 98 valence electrons. The van der Waals surface area contributed by atoms with E-state index < -0.39 is 0 Å². The molecule has 0 amide bonds. The van der Waals surface area contributed by atoms with Gasteiger partial charge in [-0.15, -0.1) is 0 Å². The van der Waals surface area contributed by atoms with Crippen LogP contribution >= 0.6 is 0 Å². The Bertz CT molecular complexity index is 182. The monoisotopic (exact) mass is 228 g/mol. The molecule has 2 unspecified atom stereocenters. The summed E-state index contributed by atoms with van der Waals surface area (Å²) in [6.45, 7) is 17.0. The summed E-state index contributed by atoms with van der Waals surface area (Å²) in [6, 6.07) is 1.31. The first-order chi connectivity index (χ1) is 7.25. The lowest BCUT2D eigenvalue weighted by Gasteiger charge is -2.45. The van der Waals surface area contributed by atoms with E-state index in [0.717, 1.165) is 13.0 Å². The fraction of sp³-hybridized carbons (Fsp3) is 1.00. The predicted octanol–water partition coefficient (Wildman–Crippen LogP) is 3.26. The Hall–Kier alpha value is -0.0800. The van der Waals surface area contributed by atoms with Gasteiger partial charge in [0.1, 0.15) is 0 Å². The van der Waals surface area contributed by atoms with E-state index in [1.807, 2.05) is 0 Å². The lowest BCUT2D eigenvalue weighted by atomic mass is 9.80. The van der Waals surface area contributed by atoms with Crippen LogP contribution in [0.5, 0.6) is 0 Å². The number of hydrogen-bond donors (Lipinski definition) is 1. The molecule has 0 aromatic heterocycles. The molecule has 2 nitrogen and oxygen atoms in total. The second-order valence-corrected chi connectivity index (χ2v) is 6.21. The van der Waals surface area contributed by atoms with Crippen LogP contribution < -0.4 is 5.73 Å². The van der Waals surface area contributed by atoms with Crippen molar-refractivity contribution in [3.05, 3.63) is 0 Å². The molecule has 0 fully saturated rings. The van der Waals surface area contributed by atoms with E-state index in [9.17, 15) is 0 Å². The molecular weight excluding hydrogens is 196 g/mol. The minimum atomic E-state index is 0.245. The molecule has 0 saturated heterocycles. The lowest BCUT2D eigenvalue weighted by Crippen LogP contribution is -2.56. The normalized spacial score (nSPS) is 16.9. The van der Waals surface area contributed by atoms with E-state index in [4.69, 9.17) is 5.73 Å². The number of rotatable bonds is 6. The second kappa shape index (κ2) is 6.61. The zero-order valence-corrected chi connectivity index (χ0v) is 12.4. The standard InChI is InChI=1S/C14H32N2/c1-8-10-16(11(3)4)13(12(15)9-2)14(5,6)7/h11-13H,8-10,15H2,1-7H3. The highest BCUT2D eigenvalue weighted by molar-refractivity contribution is 4.91. The van der Waals surface area contributed by atoms with Crippen molar-refractivity contribution in [1.82, 2.24) is 4.90 Å². The van der Waals surface area contributed by atoms with Crippen molar-refractivity contribution in [2.75, 3.05) is 6.54 Å². The first kappa shape index (κ1) is 15.9. The zero-order chi connectivity index (χ0) is 12.9. The minimum absolute atomic E-state index is 0.245. The molecule has 0 rings (SSSR count). The first-order valence-electron chi connectivity index (χ1n) is 6.77. The lowest BCUT2D eigenvalue weighted by molar-refractivity contribution is 0.0506. The van der Waals surface area contributed by atoms with Gasteiger partial charge in [0.2, 0.25) is 0 Å². The molecule has 0 aliphatic heterocycles. The van der Waals surface area contributed by atoms with Gasteiger partial charge in [0, 0.05) is 18.1 Å². The third kappa shape index (κ3) is 4.42. The summed E-state index contributed by atoms with van der Waals surface area (Å²) < 4.78 is 0. The maximum atomic E-state index is 6.33. The number of nitrogens with zero attached hydrogens (tertiary/aromatic N) is 1. The smallest absolute Gasteiger partial charge is 0.0298 e. The Morgan fingerprint density at radius 1 is 1.12 bits per heavy atom. The van der Waals surface area contributed by atoms with E-state index in [0.29, 0.717) is 12.1 Å². The molecule has 16 heavy (non-hydrogen) atoms. The van der Waals surface area contributed by atoms with Gasteiger partial charge in [-0.1, -0.05) is 34.6 Å². The Morgan fingerprint density at radius 2 is 1.62 bits per heavy atom. The van der Waals surface area contributed by atoms with Crippen molar-refractivity contribution >= 4 is 0 Å². The fourth-order valence-corrected chi connectivity index (χ4v) is 2.59. The molecule has 0 bridgehead atoms. The summed E-state index contributed by atoms with van der Waals surface area (Å²) in [6.07, 6.45) is 2.25. The molecule has 0 heterocycles. The third-order valence-corrected chi connectivity index (χ3v) is 3.27. The van der Waals surface area contributed by atoms with Crippen molar-refractivity contribution in [3.63, 3.8) is 0 Å². The molecule has 0 radical (unpaired) electrons. The van der Waals surface area contributed by atoms with Crippen molar-refractivity contribution in [1.29, 1.82) is 0 Å². The van der Waals surface area contributed by atoms with Gasteiger partial charge in [-0.25, -0.2) is 0 Å². The van der Waals surface area contributed by atoms with Crippen LogP contribution in [0.2, 0.25) is 0 Å². The van der Waals surface area contributed by atoms with Gasteiger partial charge in [0.05, 0.1) is 0 Å². The Morgan fingerprint density at radius 3 is 1.88 bits per heavy atom. The van der Waals surface area contributed by atoms with Crippen LogP contribution in [0, 0.1) is 5.41 Å². The van der Waals surface area contributed by atoms with Gasteiger partial charge in [-0.05, 0) is 38.6 Å². The Kier molecular flexibility index (Phi) is 6.57. The third-order valence-electron chi connectivity index (χ3n) is 3.27. The van der Waals surface area contributed by atoms with E-state index in [2.05, 4.69) is 53.4 Å². The zero-order valence-electron chi connectivity index (χ0n) is 12.4. The molecule has 0 aromatic rings. The van der Waals surface area contributed by atoms with Gasteiger partial charge in [-0.3, -0.25) is 4.90 Å². The summed E-state index contributed by atoms with van der Waals surface area (Å²) in [5.74, 6) is 0. The quantitative estimate of drug-likeness (QED) is 0.756. The van der Waals surface area contributed by atoms with Gasteiger partial charge in [0.25, 0.3) is 0 Å². The van der Waals surface area contributed by atoms with Gasteiger partial charge >= 0.3 is 0 Å². The highest BCUT2D eigenvalue weighted by atomic mass is 15.2. The second-order valence-electron chi connectivity index (χ2n) is 6.21. The first-order valence-corrected chi connectivity index (χ1v) is 6.77. The highest BCUT2D eigenvalue weighted by Gasteiger charge is 2.35. The van der Waals surface area contributed by atoms with Gasteiger partial charge < -0.3 is 5.73 Å². The number of nitrogens with two attached hydrogens (primary N) is 1. The molecule has 0 spiro atoms. The molecule has 0 aliphatic rings. The number of hydrogen-bond acceptors (Lipinski definition) is 2. The van der Waals surface area contributed by atoms with Crippen LogP contribution in [0.25, 0.3) is 0 Å². The van der Waals surface area contributed by atoms with Crippen molar-refractivity contribution < 1.29 is 0 Å². The van der Waals surface area contributed by atoms with Crippen LogP contribution in [-0.4, -0.2) is 29.6 Å². The maximum Gasteiger partial charge on any atom is 0.0298 e. The maximum absolute atomic E-state index is 6.33. The predicted molar refractivity (Wildman–Crippen MR) is 73.6 cm³/mol. The van der Waals surface area contributed by atoms with Crippen molar-refractivity contribution in [2.24, 2.45) is 11.1 Å².